The van der Waals surface area contributed by atoms with Crippen molar-refractivity contribution in [3.8, 4) is 6.07 Å². The summed E-state index contributed by atoms with van der Waals surface area (Å²) < 4.78 is 23.4. The van der Waals surface area contributed by atoms with E-state index >= 15 is 0 Å². The molecule has 0 aromatic heterocycles. The van der Waals surface area contributed by atoms with Crippen molar-refractivity contribution in [2.75, 3.05) is 26.4 Å². The lowest BCUT2D eigenvalue weighted by Gasteiger charge is -2.10. The highest BCUT2D eigenvalue weighted by atomic mass is 32.2. The summed E-state index contributed by atoms with van der Waals surface area (Å²) in [5.41, 5.74) is 0. The first-order valence-electron chi connectivity index (χ1n) is 3.94. The van der Waals surface area contributed by atoms with Gasteiger partial charge in [0.2, 0.25) is 15.9 Å². The predicted molar refractivity (Wildman–Crippen MR) is 50.7 cm³/mol. The number of sulfonamides is 1. The fraction of sp³-hybridized carbons (Fsp3) is 0.714. The number of carbonyl (C=O) groups excluding carboxylic acids is 1. The molecule has 0 unspecified atom stereocenters. The number of nitrogens with zero attached hydrogens (tertiary/aromatic N) is 2. The lowest BCUT2D eigenvalue weighted by molar-refractivity contribution is -0.119. The third kappa shape index (κ3) is 4.79. The minimum absolute atomic E-state index is 0.0288. The van der Waals surface area contributed by atoms with Crippen LogP contribution in [0.1, 0.15) is 6.42 Å². The van der Waals surface area contributed by atoms with Gasteiger partial charge in [0.25, 0.3) is 0 Å². The number of carbonyl (C=O) groups is 1. The van der Waals surface area contributed by atoms with Crippen LogP contribution in [0.15, 0.2) is 0 Å². The number of amides is 1. The van der Waals surface area contributed by atoms with E-state index in [1.807, 2.05) is 0 Å². The number of nitriles is 1. The van der Waals surface area contributed by atoms with Crippen LogP contribution in [0.25, 0.3) is 0 Å². The Morgan fingerprint density at radius 2 is 2.07 bits per heavy atom. The maximum absolute atomic E-state index is 11.2. The number of hydrogen-bond acceptors (Lipinski definition) is 4. The summed E-state index contributed by atoms with van der Waals surface area (Å²) in [7, 11) is -0.427. The molecule has 0 rings (SSSR count). The van der Waals surface area contributed by atoms with Crippen LogP contribution in [-0.4, -0.2) is 45.0 Å². The van der Waals surface area contributed by atoms with Crippen molar-refractivity contribution in [3.05, 3.63) is 0 Å². The molecule has 0 heterocycles. The molecule has 0 aliphatic carbocycles. The van der Waals surface area contributed by atoms with Gasteiger partial charge >= 0.3 is 0 Å². The van der Waals surface area contributed by atoms with E-state index in [1.165, 1.54) is 14.1 Å². The highest BCUT2D eigenvalue weighted by molar-refractivity contribution is 7.89. The van der Waals surface area contributed by atoms with E-state index in [0.29, 0.717) is 0 Å². The maximum atomic E-state index is 11.2. The molecule has 0 aromatic rings. The minimum Gasteiger partial charge on any atom is -0.354 e. The second-order valence-electron chi connectivity index (χ2n) is 2.78. The van der Waals surface area contributed by atoms with E-state index in [4.69, 9.17) is 5.26 Å². The summed E-state index contributed by atoms with van der Waals surface area (Å²) in [6.45, 7) is 0.0288. The molecule has 0 aliphatic rings. The molecule has 14 heavy (non-hydrogen) atoms. The molecule has 80 valence electrons. The van der Waals surface area contributed by atoms with E-state index in [-0.39, 0.29) is 18.7 Å². The predicted octanol–water partition coefficient (Wildman–Crippen LogP) is -1.09. The molecule has 0 bridgehead atoms. The van der Waals surface area contributed by atoms with Gasteiger partial charge in [0, 0.05) is 20.6 Å². The molecule has 0 radical (unpaired) electrons. The van der Waals surface area contributed by atoms with Gasteiger partial charge in [0.05, 0.1) is 11.8 Å². The third-order valence-corrected chi connectivity index (χ3v) is 3.31. The molecule has 7 heteroatoms. The second-order valence-corrected chi connectivity index (χ2v) is 5.09. The largest absolute Gasteiger partial charge is 0.354 e. The number of nitrogens with one attached hydrogen (secondary N) is 1. The van der Waals surface area contributed by atoms with E-state index in [2.05, 4.69) is 5.32 Å². The Balaban J connectivity index is 3.88. The van der Waals surface area contributed by atoms with Crippen molar-refractivity contribution in [2.45, 2.75) is 6.42 Å². The van der Waals surface area contributed by atoms with Crippen molar-refractivity contribution in [1.29, 1.82) is 5.26 Å². The van der Waals surface area contributed by atoms with Crippen molar-refractivity contribution in [3.63, 3.8) is 0 Å². The van der Waals surface area contributed by atoms with Crippen LogP contribution in [0.2, 0.25) is 0 Å². The lowest BCUT2D eigenvalue weighted by Crippen LogP contribution is -2.33. The SMILES string of the molecule is CN(C)S(=O)(=O)CCNC(=O)CC#N. The Labute approximate surface area is 83.6 Å². The normalized spacial score (nSPS) is 11.0. The zero-order chi connectivity index (χ0) is 11.2. The summed E-state index contributed by atoms with van der Waals surface area (Å²) >= 11 is 0. The zero-order valence-corrected chi connectivity index (χ0v) is 8.97. The van der Waals surface area contributed by atoms with Gasteiger partial charge in [0.15, 0.2) is 0 Å². The standard InChI is InChI=1S/C7H13N3O3S/c1-10(2)14(12,13)6-5-9-7(11)3-4-8/h3,5-6H2,1-2H3,(H,9,11). The van der Waals surface area contributed by atoms with Crippen LogP contribution in [0, 0.1) is 11.3 Å². The van der Waals surface area contributed by atoms with Crippen LogP contribution < -0.4 is 5.32 Å². The fourth-order valence-electron chi connectivity index (χ4n) is 0.636. The molecule has 0 aliphatic heterocycles. The molecule has 0 atom stereocenters. The van der Waals surface area contributed by atoms with Gasteiger partial charge in [-0.15, -0.1) is 0 Å². The fourth-order valence-corrected chi connectivity index (χ4v) is 1.36. The van der Waals surface area contributed by atoms with E-state index in [1.54, 1.807) is 6.07 Å². The van der Waals surface area contributed by atoms with Crippen LogP contribution in [0.4, 0.5) is 0 Å². The first-order chi connectivity index (χ1) is 6.40. The quantitative estimate of drug-likeness (QED) is 0.636. The molecule has 0 aromatic carbocycles. The summed E-state index contributed by atoms with van der Waals surface area (Å²) in [5.74, 6) is -0.613. The lowest BCUT2D eigenvalue weighted by atomic mass is 10.4. The van der Waals surface area contributed by atoms with Gasteiger partial charge in [-0.3, -0.25) is 4.79 Å². The number of rotatable bonds is 5. The molecule has 0 fully saturated rings. The zero-order valence-electron chi connectivity index (χ0n) is 8.15. The van der Waals surface area contributed by atoms with Crippen molar-refractivity contribution in [1.82, 2.24) is 9.62 Å². The van der Waals surface area contributed by atoms with Gasteiger partial charge in [-0.25, -0.2) is 12.7 Å². The molecule has 1 amide bonds. The topological polar surface area (TPSA) is 90.3 Å². The Hall–Kier alpha value is -1.13. The molecular formula is C7H13N3O3S. The van der Waals surface area contributed by atoms with Crippen LogP contribution in [0.3, 0.4) is 0 Å². The molecule has 6 nitrogen and oxygen atoms in total. The molecular weight excluding hydrogens is 206 g/mol. The van der Waals surface area contributed by atoms with Gasteiger partial charge in [0.1, 0.15) is 6.42 Å². The average Bonchev–Trinajstić information content (AvgIpc) is 2.04. The third-order valence-electron chi connectivity index (χ3n) is 1.48. The summed E-state index contributed by atoms with van der Waals surface area (Å²) in [4.78, 5) is 10.8. The van der Waals surface area contributed by atoms with Crippen LogP contribution in [0.5, 0.6) is 0 Å². The first-order valence-corrected chi connectivity index (χ1v) is 5.55. The Bertz CT molecular complexity index is 329. The highest BCUT2D eigenvalue weighted by Crippen LogP contribution is 1.92. The Morgan fingerprint density at radius 1 is 1.50 bits per heavy atom. The smallest absolute Gasteiger partial charge is 0.234 e. The van der Waals surface area contributed by atoms with Gasteiger partial charge in [-0.05, 0) is 0 Å². The van der Waals surface area contributed by atoms with Crippen molar-refractivity contribution < 1.29 is 13.2 Å². The summed E-state index contributed by atoms with van der Waals surface area (Å²) in [6.07, 6.45) is -0.248. The van der Waals surface area contributed by atoms with E-state index in [9.17, 15) is 13.2 Å². The highest BCUT2D eigenvalue weighted by Gasteiger charge is 2.13. The monoisotopic (exact) mass is 219 g/mol. The summed E-state index contributed by atoms with van der Waals surface area (Å²) in [6, 6.07) is 1.67. The molecule has 0 spiro atoms. The average molecular weight is 219 g/mol. The van der Waals surface area contributed by atoms with E-state index in [0.717, 1.165) is 4.31 Å². The molecule has 0 saturated heterocycles. The maximum Gasteiger partial charge on any atom is 0.234 e. The first kappa shape index (κ1) is 12.9. The number of hydrogen-bond donors (Lipinski definition) is 1. The Morgan fingerprint density at radius 3 is 2.50 bits per heavy atom. The van der Waals surface area contributed by atoms with Gasteiger partial charge in [-0.2, -0.15) is 5.26 Å². The summed E-state index contributed by atoms with van der Waals surface area (Å²) in [5, 5.41) is 10.5. The van der Waals surface area contributed by atoms with Gasteiger partial charge in [-0.1, -0.05) is 0 Å². The van der Waals surface area contributed by atoms with E-state index < -0.39 is 15.9 Å². The second kappa shape index (κ2) is 5.57. The van der Waals surface area contributed by atoms with Crippen molar-refractivity contribution in [2.24, 2.45) is 0 Å². The molecule has 0 saturated carbocycles. The minimum atomic E-state index is -3.27. The van der Waals surface area contributed by atoms with Crippen LogP contribution in [-0.2, 0) is 14.8 Å². The van der Waals surface area contributed by atoms with Gasteiger partial charge < -0.3 is 5.32 Å². The Kier molecular flexibility index (Phi) is 5.12. The van der Waals surface area contributed by atoms with Crippen LogP contribution >= 0.6 is 0 Å². The molecule has 1 N–H and O–H groups in total. The van der Waals surface area contributed by atoms with Crippen molar-refractivity contribution >= 4 is 15.9 Å².